The van der Waals surface area contributed by atoms with Gasteiger partial charge >= 0.3 is 10.1 Å². The van der Waals surface area contributed by atoms with E-state index in [9.17, 15) is 33.4 Å². The fourth-order valence-electron chi connectivity index (χ4n) is 3.29. The van der Waals surface area contributed by atoms with Gasteiger partial charge in [0.15, 0.2) is 16.7 Å². The maximum atomic E-state index is 12.7. The van der Waals surface area contributed by atoms with Crippen molar-refractivity contribution in [1.29, 1.82) is 0 Å². The van der Waals surface area contributed by atoms with Crippen LogP contribution in [-0.4, -0.2) is 35.9 Å². The molecule has 0 saturated carbocycles. The summed E-state index contributed by atoms with van der Waals surface area (Å²) in [5.41, 5.74) is 0.237. The van der Waals surface area contributed by atoms with Crippen LogP contribution in [0.15, 0.2) is 75.5 Å². The molecule has 3 aromatic rings. The Kier molecular flexibility index (Phi) is 8.37. The maximum absolute atomic E-state index is 12.7. The van der Waals surface area contributed by atoms with Crippen LogP contribution in [0.25, 0.3) is 6.08 Å². The van der Waals surface area contributed by atoms with Gasteiger partial charge in [0.1, 0.15) is 4.90 Å². The molecule has 0 atom stereocenters. The third kappa shape index (κ3) is 6.56. The molecular formula is C24H17ClN4O9S2. The zero-order chi connectivity index (χ0) is 29.0. The first-order valence-electron chi connectivity index (χ1n) is 11.2. The molecule has 0 bridgehead atoms. The van der Waals surface area contributed by atoms with E-state index in [1.807, 2.05) is 0 Å². The van der Waals surface area contributed by atoms with Gasteiger partial charge in [-0.05, 0) is 60.7 Å². The summed E-state index contributed by atoms with van der Waals surface area (Å²) in [6, 6.07) is 12.3. The van der Waals surface area contributed by atoms with Crippen LogP contribution in [0.2, 0.25) is 5.02 Å². The standard InChI is InChI=1S/C24H17ClN4O9S2/c1-2-37-21-11-14(3-10-20(21)38-40(35,36)17-7-4-15(5-8-17)28(31)32)12-22-23(30)27-24(39-22)26-19-9-6-16(29(33)34)13-18(19)25/h3-13H,2H2,1H3,(H,26,27,30)/b22-12+. The molecule has 0 aliphatic carbocycles. The first kappa shape index (κ1) is 28.5. The molecule has 1 aliphatic rings. The van der Waals surface area contributed by atoms with Crippen LogP contribution in [0.4, 0.5) is 17.1 Å². The number of nitro groups is 2. The lowest BCUT2D eigenvalue weighted by atomic mass is 10.2. The SMILES string of the molecule is CCOc1cc(/C=C2/SC(=Nc3ccc([N+](=O)[O-])cc3Cl)NC2=O)ccc1OS(=O)(=O)c1ccc([N+](=O)[O-])cc1. The van der Waals surface area contributed by atoms with Gasteiger partial charge in [0.2, 0.25) is 0 Å². The van der Waals surface area contributed by atoms with Gasteiger partial charge in [-0.1, -0.05) is 17.7 Å². The Hall–Kier alpha value is -4.47. The van der Waals surface area contributed by atoms with E-state index in [-0.39, 0.29) is 55.2 Å². The highest BCUT2D eigenvalue weighted by Crippen LogP contribution is 2.35. The molecule has 0 radical (unpaired) electrons. The normalized spacial score (nSPS) is 15.2. The van der Waals surface area contributed by atoms with Gasteiger partial charge < -0.3 is 14.2 Å². The smallest absolute Gasteiger partial charge is 0.339 e. The van der Waals surface area contributed by atoms with Crippen molar-refractivity contribution in [2.75, 3.05) is 6.61 Å². The average Bonchev–Trinajstić information content (AvgIpc) is 3.25. The fraction of sp³-hybridized carbons (Fsp3) is 0.0833. The Balaban J connectivity index is 1.56. The average molecular weight is 605 g/mol. The second-order valence-electron chi connectivity index (χ2n) is 7.80. The lowest BCUT2D eigenvalue weighted by Crippen LogP contribution is -2.19. The van der Waals surface area contributed by atoms with Gasteiger partial charge in [-0.25, -0.2) is 4.99 Å². The monoisotopic (exact) mass is 604 g/mol. The highest BCUT2D eigenvalue weighted by molar-refractivity contribution is 8.18. The second-order valence-corrected chi connectivity index (χ2v) is 10.8. The maximum Gasteiger partial charge on any atom is 0.339 e. The minimum atomic E-state index is -4.34. The zero-order valence-electron chi connectivity index (χ0n) is 20.3. The Bertz CT molecular complexity index is 1690. The van der Waals surface area contributed by atoms with Crippen LogP contribution in [0.5, 0.6) is 11.5 Å². The summed E-state index contributed by atoms with van der Waals surface area (Å²) in [5, 5.41) is 24.6. The number of amidine groups is 1. The largest absolute Gasteiger partial charge is 0.490 e. The molecule has 0 aromatic heterocycles. The number of hydrogen-bond acceptors (Lipinski definition) is 11. The molecule has 1 heterocycles. The summed E-state index contributed by atoms with van der Waals surface area (Å²) >= 11 is 7.08. The highest BCUT2D eigenvalue weighted by Gasteiger charge is 2.25. The number of hydrogen-bond donors (Lipinski definition) is 1. The first-order valence-corrected chi connectivity index (χ1v) is 13.8. The van der Waals surface area contributed by atoms with Crippen molar-refractivity contribution in [2.45, 2.75) is 11.8 Å². The van der Waals surface area contributed by atoms with Crippen molar-refractivity contribution < 1.29 is 32.0 Å². The number of benzene rings is 3. The molecule has 1 fully saturated rings. The molecule has 206 valence electrons. The number of carbonyl (C=O) groups is 1. The number of thioether (sulfide) groups is 1. The molecule has 13 nitrogen and oxygen atoms in total. The Morgan fingerprint density at radius 1 is 1.00 bits per heavy atom. The number of rotatable bonds is 9. The lowest BCUT2D eigenvalue weighted by Gasteiger charge is -2.12. The van der Waals surface area contributed by atoms with E-state index in [1.54, 1.807) is 6.92 Å². The lowest BCUT2D eigenvalue weighted by molar-refractivity contribution is -0.385. The molecular weight excluding hydrogens is 588 g/mol. The third-order valence-electron chi connectivity index (χ3n) is 5.12. The predicted molar refractivity (Wildman–Crippen MR) is 147 cm³/mol. The van der Waals surface area contributed by atoms with Crippen molar-refractivity contribution in [1.82, 2.24) is 5.32 Å². The van der Waals surface area contributed by atoms with E-state index in [0.29, 0.717) is 5.56 Å². The Labute approximate surface area is 235 Å². The molecule has 1 amide bonds. The quantitative estimate of drug-likeness (QED) is 0.147. The molecule has 3 aromatic carbocycles. The van der Waals surface area contributed by atoms with E-state index >= 15 is 0 Å². The van der Waals surface area contributed by atoms with Crippen LogP contribution in [-0.2, 0) is 14.9 Å². The van der Waals surface area contributed by atoms with Crippen molar-refractivity contribution in [3.63, 3.8) is 0 Å². The Morgan fingerprint density at radius 2 is 1.68 bits per heavy atom. The summed E-state index contributed by atoms with van der Waals surface area (Å²) in [6.45, 7) is 1.86. The van der Waals surface area contributed by atoms with E-state index in [2.05, 4.69) is 10.3 Å². The van der Waals surface area contributed by atoms with Gasteiger partial charge in [0.25, 0.3) is 17.3 Å². The van der Waals surface area contributed by atoms with Crippen molar-refractivity contribution in [3.8, 4) is 11.5 Å². The number of ether oxygens (including phenoxy) is 1. The number of nitro benzene ring substituents is 2. The van der Waals surface area contributed by atoms with Crippen LogP contribution in [0, 0.1) is 20.2 Å². The molecule has 1 N–H and O–H groups in total. The number of halogens is 1. The zero-order valence-corrected chi connectivity index (χ0v) is 22.7. The van der Waals surface area contributed by atoms with Crippen LogP contribution in [0.3, 0.4) is 0 Å². The van der Waals surface area contributed by atoms with Gasteiger partial charge in [0.05, 0.1) is 32.1 Å². The van der Waals surface area contributed by atoms with E-state index < -0.39 is 25.9 Å². The minimum absolute atomic E-state index is 0.0367. The van der Waals surface area contributed by atoms with Gasteiger partial charge in [0, 0.05) is 24.3 Å². The molecule has 1 saturated heterocycles. The number of nitrogens with one attached hydrogen (secondary N) is 1. The number of non-ortho nitro benzene ring substituents is 2. The fourth-order valence-corrected chi connectivity index (χ4v) is 5.29. The highest BCUT2D eigenvalue weighted by atomic mass is 35.5. The first-order chi connectivity index (χ1) is 19.0. The summed E-state index contributed by atoms with van der Waals surface area (Å²) in [4.78, 5) is 37.2. The van der Waals surface area contributed by atoms with Crippen LogP contribution < -0.4 is 14.2 Å². The molecule has 16 heteroatoms. The van der Waals surface area contributed by atoms with Gasteiger partial charge in [-0.2, -0.15) is 8.42 Å². The molecule has 1 aliphatic heterocycles. The summed E-state index contributed by atoms with van der Waals surface area (Å²) in [5.74, 6) is -0.501. The van der Waals surface area contributed by atoms with Crippen LogP contribution in [0.1, 0.15) is 12.5 Å². The number of carbonyl (C=O) groups excluding carboxylic acids is 1. The molecule has 4 rings (SSSR count). The topological polar surface area (TPSA) is 180 Å². The van der Waals surface area contributed by atoms with Crippen molar-refractivity contribution in [3.05, 3.63) is 96.4 Å². The molecule has 0 unspecified atom stereocenters. The summed E-state index contributed by atoms with van der Waals surface area (Å²) < 4.78 is 36.2. The van der Waals surface area contributed by atoms with E-state index in [1.165, 1.54) is 36.4 Å². The van der Waals surface area contributed by atoms with E-state index in [0.717, 1.165) is 42.1 Å². The minimum Gasteiger partial charge on any atom is -0.490 e. The molecule has 40 heavy (non-hydrogen) atoms. The second kappa shape index (κ2) is 11.7. The summed E-state index contributed by atoms with van der Waals surface area (Å²) in [7, 11) is -4.34. The van der Waals surface area contributed by atoms with E-state index in [4.69, 9.17) is 20.5 Å². The van der Waals surface area contributed by atoms with Crippen molar-refractivity contribution >= 4 is 67.7 Å². The number of nitrogens with zero attached hydrogens (tertiary/aromatic N) is 3. The Morgan fingerprint density at radius 3 is 2.30 bits per heavy atom. The van der Waals surface area contributed by atoms with Crippen LogP contribution >= 0.6 is 23.4 Å². The van der Waals surface area contributed by atoms with Crippen molar-refractivity contribution in [2.24, 2.45) is 4.99 Å². The number of aliphatic imine (C=N–C) groups is 1. The summed E-state index contributed by atoms with van der Waals surface area (Å²) in [6.07, 6.45) is 1.52. The van der Waals surface area contributed by atoms with Gasteiger partial charge in [-0.3, -0.25) is 25.0 Å². The third-order valence-corrected chi connectivity index (χ3v) is 7.58. The molecule has 0 spiro atoms. The number of amides is 1. The predicted octanol–water partition coefficient (Wildman–Crippen LogP) is 5.21. The van der Waals surface area contributed by atoms with Gasteiger partial charge in [-0.15, -0.1) is 0 Å².